The van der Waals surface area contributed by atoms with Crippen molar-refractivity contribution in [1.82, 2.24) is 5.32 Å². The predicted octanol–water partition coefficient (Wildman–Crippen LogP) is 11.8. The van der Waals surface area contributed by atoms with Gasteiger partial charge in [-0.15, -0.1) is 0 Å². The van der Waals surface area contributed by atoms with Crippen molar-refractivity contribution in [2.24, 2.45) is 32.7 Å². The monoisotopic (exact) mass is 799 g/mol. The number of aliphatic hydroxyl groups is 2. The molecule has 314 valence electrons. The summed E-state index contributed by atoms with van der Waals surface area (Å²) in [6, 6.07) is 0. The van der Waals surface area contributed by atoms with Gasteiger partial charge in [0.2, 0.25) is 0 Å². The first-order valence-corrected chi connectivity index (χ1v) is 21.9. The van der Waals surface area contributed by atoms with Crippen molar-refractivity contribution in [1.29, 1.82) is 0 Å². The molecule has 0 aromatic rings. The zero-order valence-electron chi connectivity index (χ0n) is 37.4. The van der Waals surface area contributed by atoms with E-state index in [0.29, 0.717) is 24.5 Å². The number of rotatable bonds is 15. The molecule has 0 amide bonds. The number of aliphatic imine (C=N–C) groups is 3. The van der Waals surface area contributed by atoms with Crippen molar-refractivity contribution in [3.63, 3.8) is 0 Å². The molecule has 8 bridgehead atoms. The number of allylic oxidation sites excluding steroid dienone is 16. The van der Waals surface area contributed by atoms with Crippen LogP contribution < -0.4 is 5.32 Å². The number of aliphatic hydroxyl groups excluding tert-OH is 2. The summed E-state index contributed by atoms with van der Waals surface area (Å²) in [7, 11) is 0. The Labute approximate surface area is 352 Å². The maximum atomic E-state index is 13.3. The molecule has 5 heterocycles. The number of hydrogen-bond acceptors (Lipinski definition) is 8. The molecule has 8 nitrogen and oxygen atoms in total. The fraction of sp³-hybridized carbons (Fsp3) is 0.490. The van der Waals surface area contributed by atoms with Crippen LogP contribution in [0.25, 0.3) is 0 Å². The lowest BCUT2D eigenvalue weighted by molar-refractivity contribution is -0.142. The summed E-state index contributed by atoms with van der Waals surface area (Å²) in [4.78, 5) is 28.9. The molecule has 0 saturated carbocycles. The van der Waals surface area contributed by atoms with Crippen LogP contribution >= 0.6 is 0 Å². The molecule has 1 fully saturated rings. The third kappa shape index (κ3) is 9.64. The van der Waals surface area contributed by atoms with Crippen LogP contribution in [-0.2, 0) is 9.53 Å². The standard InChI is InChI=1S/C51H66N4O4/c1-12-36-32(8)40-26-45-48(35(11)56)34(10)42(53-45)25-41-33(9)37(19-20-47(58)59-22-21-31(7)18-14-17-30(6)16-13-15-28(2)3)50(54-41)39-24-46(57)49-38(23-29(4)5)44(55-51(39)49)27-43(36)52-40/h15,17,21,25-27,29,33,35,37,54,56-57H,12-14,16,18-20,22-24H2,1-11H3/b30-17+,31-21+,41-25?,43-27?,45-26?,50-39?/t33-,35+,37-/m0/s1. The molecule has 0 unspecified atom stereocenters. The van der Waals surface area contributed by atoms with Gasteiger partial charge in [0.05, 0.1) is 40.3 Å². The van der Waals surface area contributed by atoms with E-state index in [9.17, 15) is 15.0 Å². The molecule has 3 N–H and O–H groups in total. The molecular formula is C51H66N4O4. The molecule has 1 saturated heterocycles. The van der Waals surface area contributed by atoms with E-state index >= 15 is 0 Å². The van der Waals surface area contributed by atoms with Gasteiger partial charge in [0.1, 0.15) is 12.4 Å². The summed E-state index contributed by atoms with van der Waals surface area (Å²) in [6.45, 7) is 23.5. The van der Waals surface area contributed by atoms with Crippen molar-refractivity contribution in [2.75, 3.05) is 6.61 Å². The molecule has 59 heavy (non-hydrogen) atoms. The van der Waals surface area contributed by atoms with Gasteiger partial charge in [0.25, 0.3) is 0 Å². The van der Waals surface area contributed by atoms with Gasteiger partial charge in [-0.1, -0.05) is 56.6 Å². The van der Waals surface area contributed by atoms with Crippen LogP contribution in [-0.4, -0.2) is 46.0 Å². The van der Waals surface area contributed by atoms with E-state index in [0.717, 1.165) is 123 Å². The molecule has 0 spiro atoms. The molecule has 3 atom stereocenters. The fourth-order valence-electron chi connectivity index (χ4n) is 9.11. The minimum atomic E-state index is -0.719. The number of fused-ring (bicyclic) bond motifs is 5. The van der Waals surface area contributed by atoms with E-state index in [2.05, 4.69) is 91.9 Å². The average molecular weight is 799 g/mol. The predicted molar refractivity (Wildman–Crippen MR) is 243 cm³/mol. The second-order valence-electron chi connectivity index (χ2n) is 17.8. The molecule has 5 aliphatic heterocycles. The Morgan fingerprint density at radius 1 is 0.898 bits per heavy atom. The van der Waals surface area contributed by atoms with Crippen molar-refractivity contribution in [3.05, 3.63) is 126 Å². The molecule has 1 aliphatic carbocycles. The summed E-state index contributed by atoms with van der Waals surface area (Å²) >= 11 is 0. The minimum absolute atomic E-state index is 0.00994. The van der Waals surface area contributed by atoms with Crippen LogP contribution in [0.4, 0.5) is 0 Å². The Bertz CT molecular complexity index is 2230. The van der Waals surface area contributed by atoms with Gasteiger partial charge in [-0.25, -0.2) is 15.0 Å². The molecule has 0 aromatic heterocycles. The Morgan fingerprint density at radius 3 is 2.25 bits per heavy atom. The SMILES string of the molecule is CCC1=C(C)C2=NC1=CC1=C(CC(C)C)C3=C(O)CC(=C4NC(=CC5=NC(=C2)C([C@@H](C)O)=C5C)[C@@H](C)[C@@H]4CCC(=O)OC/C=C(\C)CC/C=C(\C)CCC=C(C)C)C3=N1. The first-order chi connectivity index (χ1) is 28.1. The van der Waals surface area contributed by atoms with Gasteiger partial charge >= 0.3 is 5.97 Å². The summed E-state index contributed by atoms with van der Waals surface area (Å²) in [5.41, 5.74) is 17.6. The Morgan fingerprint density at radius 2 is 1.58 bits per heavy atom. The van der Waals surface area contributed by atoms with Crippen LogP contribution in [0, 0.1) is 17.8 Å². The zero-order chi connectivity index (χ0) is 42.7. The molecule has 8 heteroatoms. The van der Waals surface area contributed by atoms with Gasteiger partial charge < -0.3 is 20.3 Å². The quantitative estimate of drug-likeness (QED) is 0.113. The van der Waals surface area contributed by atoms with Crippen molar-refractivity contribution >= 4 is 23.1 Å². The van der Waals surface area contributed by atoms with Crippen LogP contribution in [0.15, 0.2) is 141 Å². The van der Waals surface area contributed by atoms with Gasteiger partial charge in [-0.05, 0) is 146 Å². The van der Waals surface area contributed by atoms with Crippen LogP contribution in [0.3, 0.4) is 0 Å². The number of nitrogens with zero attached hydrogens (tertiary/aromatic N) is 3. The number of hydrogen-bond donors (Lipinski definition) is 3. The van der Waals surface area contributed by atoms with Crippen LogP contribution in [0.5, 0.6) is 0 Å². The zero-order valence-corrected chi connectivity index (χ0v) is 37.4. The largest absolute Gasteiger partial charge is 0.511 e. The lowest BCUT2D eigenvalue weighted by atomic mass is 9.86. The minimum Gasteiger partial charge on any atom is -0.511 e. The number of nitrogens with one attached hydrogen (secondary N) is 1. The van der Waals surface area contributed by atoms with E-state index in [1.165, 1.54) is 16.7 Å². The van der Waals surface area contributed by atoms with E-state index in [-0.39, 0.29) is 30.8 Å². The smallest absolute Gasteiger partial charge is 0.306 e. The van der Waals surface area contributed by atoms with Gasteiger partial charge in [-0.3, -0.25) is 4.79 Å². The van der Waals surface area contributed by atoms with Crippen molar-refractivity contribution < 1.29 is 19.7 Å². The van der Waals surface area contributed by atoms with Gasteiger partial charge in [-0.2, -0.15) is 0 Å². The normalized spacial score (nSPS) is 22.3. The second-order valence-corrected chi connectivity index (χ2v) is 17.8. The topological polar surface area (TPSA) is 116 Å². The maximum Gasteiger partial charge on any atom is 0.306 e. The summed E-state index contributed by atoms with van der Waals surface area (Å²) in [5, 5.41) is 26.5. The molecule has 6 aliphatic rings. The van der Waals surface area contributed by atoms with Crippen LogP contribution in [0.2, 0.25) is 0 Å². The Balaban J connectivity index is 1.30. The van der Waals surface area contributed by atoms with E-state index in [1.54, 1.807) is 6.92 Å². The molecular weight excluding hydrogens is 733 g/mol. The average Bonchev–Trinajstić information content (AvgIpc) is 3.92. The highest BCUT2D eigenvalue weighted by Gasteiger charge is 2.42. The molecule has 6 rings (SSSR count). The van der Waals surface area contributed by atoms with Crippen LogP contribution in [0.1, 0.15) is 134 Å². The number of carbonyl (C=O) groups excluding carboxylic acids is 1. The molecule has 0 aromatic carbocycles. The number of carbonyl (C=O) groups is 1. The lowest BCUT2D eigenvalue weighted by Gasteiger charge is -2.17. The third-order valence-corrected chi connectivity index (χ3v) is 12.4. The van der Waals surface area contributed by atoms with E-state index in [1.807, 2.05) is 19.1 Å². The third-order valence-electron chi connectivity index (χ3n) is 12.4. The highest BCUT2D eigenvalue weighted by Crippen LogP contribution is 2.48. The van der Waals surface area contributed by atoms with Crippen molar-refractivity contribution in [3.8, 4) is 0 Å². The number of ether oxygens (including phenoxy) is 1. The second kappa shape index (κ2) is 18.6. The summed E-state index contributed by atoms with van der Waals surface area (Å²) in [5.74, 6) is 0.419. The summed E-state index contributed by atoms with van der Waals surface area (Å²) < 4.78 is 5.77. The molecule has 0 radical (unpaired) electrons. The Hall–Kier alpha value is -4.82. The maximum absolute atomic E-state index is 13.3. The lowest BCUT2D eigenvalue weighted by Crippen LogP contribution is -2.16. The Kier molecular flexibility index (Phi) is 13.8. The van der Waals surface area contributed by atoms with Crippen molar-refractivity contribution in [2.45, 2.75) is 140 Å². The fourth-order valence-corrected chi connectivity index (χ4v) is 9.11. The number of esters is 1. The van der Waals surface area contributed by atoms with Gasteiger partial charge in [0.15, 0.2) is 0 Å². The van der Waals surface area contributed by atoms with Gasteiger partial charge in [0, 0.05) is 52.8 Å². The van der Waals surface area contributed by atoms with E-state index < -0.39 is 6.10 Å². The highest BCUT2D eigenvalue weighted by atomic mass is 16.5. The summed E-state index contributed by atoms with van der Waals surface area (Å²) in [6.07, 6.45) is 19.0. The first kappa shape index (κ1) is 43.8. The highest BCUT2D eigenvalue weighted by molar-refractivity contribution is 6.21. The first-order valence-electron chi connectivity index (χ1n) is 21.9. The van der Waals surface area contributed by atoms with E-state index in [4.69, 9.17) is 19.7 Å².